The molecule has 0 atom stereocenters. The van der Waals surface area contributed by atoms with Crippen LogP contribution in [0.5, 0.6) is 0 Å². The van der Waals surface area contributed by atoms with Crippen LogP contribution in [0, 0.1) is 0 Å². The molecule has 0 N–H and O–H groups in total. The molecular weight excluding hydrogens is 429 g/mol. The number of carbonyl (C=O) groups excluding carboxylic acids is 4. The Bertz CT molecular complexity index is 381. The third-order valence-corrected chi connectivity index (χ3v) is 3.26. The van der Waals surface area contributed by atoms with Crippen molar-refractivity contribution in [1.29, 1.82) is 0 Å². The number of carboxylic acid groups (broad SMARTS) is 4. The van der Waals surface area contributed by atoms with Crippen molar-refractivity contribution in [3.05, 3.63) is 0 Å². The van der Waals surface area contributed by atoms with Crippen LogP contribution < -0.4 is 79.5 Å². The predicted octanol–water partition coefficient (Wildman–Crippen LogP) is -11.8. The van der Waals surface area contributed by atoms with Crippen LogP contribution in [0.2, 0.25) is 0 Å². The van der Waals surface area contributed by atoms with E-state index in [1.54, 1.807) is 9.80 Å². The van der Waals surface area contributed by atoms with Crippen molar-refractivity contribution < 1.29 is 115 Å². The van der Waals surface area contributed by atoms with Crippen molar-refractivity contribution in [3.8, 4) is 0 Å². The van der Waals surface area contributed by atoms with Crippen LogP contribution >= 0.6 is 0 Å². The quantitative estimate of drug-likeness (QED) is 0.219. The zero-order valence-corrected chi connectivity index (χ0v) is 20.5. The Morgan fingerprint density at radius 1 is 0.481 bits per heavy atom. The summed E-state index contributed by atoms with van der Waals surface area (Å²) < 4.78 is 0. The van der Waals surface area contributed by atoms with E-state index in [1.807, 2.05) is 0 Å². The van der Waals surface area contributed by atoms with Gasteiger partial charge < -0.3 is 49.4 Å². The minimum atomic E-state index is -1.28. The van der Waals surface area contributed by atoms with Crippen LogP contribution in [0.15, 0.2) is 0 Å². The summed E-state index contributed by atoms with van der Waals surface area (Å²) in [6, 6.07) is 0. The minimum Gasteiger partial charge on any atom is -0.550 e. The first-order valence-corrected chi connectivity index (χ1v) is 7.44. The molecular formula is C14H20N2Na2NiO8. The van der Waals surface area contributed by atoms with Crippen LogP contribution in [0.4, 0.5) is 0 Å². The first kappa shape index (κ1) is 34.8. The van der Waals surface area contributed by atoms with Crippen molar-refractivity contribution in [2.75, 3.05) is 39.3 Å². The topological polar surface area (TPSA) is 167 Å². The number of carboxylic acids is 4. The third-order valence-electron chi connectivity index (χ3n) is 3.26. The molecule has 0 aromatic rings. The molecule has 27 heavy (non-hydrogen) atoms. The first-order valence-electron chi connectivity index (χ1n) is 7.44. The maximum Gasteiger partial charge on any atom is 2.00 e. The molecule has 0 saturated carbocycles. The molecule has 0 aliphatic carbocycles. The first-order chi connectivity index (χ1) is 11.2. The van der Waals surface area contributed by atoms with E-state index in [2.05, 4.69) is 0 Å². The van der Waals surface area contributed by atoms with Crippen molar-refractivity contribution in [3.63, 3.8) is 0 Å². The summed E-state index contributed by atoms with van der Waals surface area (Å²) in [5.74, 6) is -5.11. The molecule has 0 heterocycles. The Morgan fingerprint density at radius 2 is 0.667 bits per heavy atom. The second kappa shape index (κ2) is 21.0. The molecule has 146 valence electrons. The number of hydrogen-bond acceptors (Lipinski definition) is 10. The molecule has 0 aromatic carbocycles. The van der Waals surface area contributed by atoms with Crippen molar-refractivity contribution >= 4 is 23.9 Å². The van der Waals surface area contributed by atoms with Crippen LogP contribution in [0.25, 0.3) is 0 Å². The molecule has 0 aliphatic heterocycles. The Balaban J connectivity index is -0.000000882. The molecule has 0 aromatic heterocycles. The average Bonchev–Trinajstić information content (AvgIpc) is 2.47. The second-order valence-electron chi connectivity index (χ2n) is 5.17. The second-order valence-corrected chi connectivity index (χ2v) is 5.17. The maximum atomic E-state index is 10.5. The van der Waals surface area contributed by atoms with Gasteiger partial charge in [-0.3, -0.25) is 0 Å². The molecule has 13 heteroatoms. The Kier molecular flexibility index (Phi) is 27.1. The molecule has 10 nitrogen and oxygen atoms in total. The summed E-state index contributed by atoms with van der Waals surface area (Å²) in [5, 5.41) is 42.1. The molecule has 0 fully saturated rings. The smallest absolute Gasteiger partial charge is 0.550 e. The average molecular weight is 449 g/mol. The molecule has 0 rings (SSSR count). The maximum absolute atomic E-state index is 10.5. The minimum absolute atomic E-state index is 0. The Hall–Kier alpha value is 0.294. The predicted molar refractivity (Wildman–Crippen MR) is 71.4 cm³/mol. The van der Waals surface area contributed by atoms with Gasteiger partial charge in [0, 0.05) is 63.1 Å². The molecule has 0 unspecified atom stereocenters. The van der Waals surface area contributed by atoms with Crippen molar-refractivity contribution in [1.82, 2.24) is 9.80 Å². The fourth-order valence-corrected chi connectivity index (χ4v) is 1.95. The zero-order chi connectivity index (χ0) is 18.5. The fourth-order valence-electron chi connectivity index (χ4n) is 1.95. The van der Waals surface area contributed by atoms with Gasteiger partial charge in [-0.05, 0) is 25.7 Å². The van der Waals surface area contributed by atoms with E-state index in [9.17, 15) is 39.6 Å². The van der Waals surface area contributed by atoms with E-state index in [0.717, 1.165) is 0 Å². The number of rotatable bonds is 15. The van der Waals surface area contributed by atoms with E-state index in [1.165, 1.54) is 0 Å². The third kappa shape index (κ3) is 24.3. The molecule has 0 spiro atoms. The van der Waals surface area contributed by atoms with Gasteiger partial charge in [0.1, 0.15) is 0 Å². The van der Waals surface area contributed by atoms with Gasteiger partial charge in [-0.15, -0.1) is 0 Å². The van der Waals surface area contributed by atoms with E-state index >= 15 is 0 Å². The molecule has 0 aliphatic rings. The van der Waals surface area contributed by atoms with E-state index in [4.69, 9.17) is 0 Å². The van der Waals surface area contributed by atoms with Crippen LogP contribution in [0.1, 0.15) is 25.7 Å². The SMILES string of the molecule is O=C([O-])CCN(CCC(=O)[O-])CCN(CCC(=O)[O-])CCC(=O)[O-].[Na+].[Na+].[Ni+2]. The van der Waals surface area contributed by atoms with Gasteiger partial charge in [0.15, 0.2) is 0 Å². The summed E-state index contributed by atoms with van der Waals surface area (Å²) in [4.78, 5) is 45.2. The largest absolute Gasteiger partial charge is 2.00 e. The number of aliphatic carboxylic acids is 4. The number of carbonyl (C=O) groups is 4. The molecule has 0 amide bonds. The Labute approximate surface area is 212 Å². The van der Waals surface area contributed by atoms with E-state index in [-0.39, 0.29) is 141 Å². The standard InChI is InChI=1S/C14H24N2O8.2Na.Ni/c17-11(18)1-5-15(6-2-12(19)20)9-10-16(7-3-13(21)22)8-4-14(23)24;;;/h1-10H2,(H,17,18)(H,19,20)(H,21,22)(H,23,24);;;/q;2*+1;+2/p-4. The van der Waals surface area contributed by atoms with Crippen molar-refractivity contribution in [2.45, 2.75) is 25.7 Å². The summed E-state index contributed by atoms with van der Waals surface area (Å²) >= 11 is 0. The van der Waals surface area contributed by atoms with Crippen molar-refractivity contribution in [2.24, 2.45) is 0 Å². The van der Waals surface area contributed by atoms with Gasteiger partial charge in [-0.25, -0.2) is 0 Å². The van der Waals surface area contributed by atoms with Gasteiger partial charge >= 0.3 is 75.6 Å². The van der Waals surface area contributed by atoms with Crippen LogP contribution in [-0.2, 0) is 35.7 Å². The summed E-state index contributed by atoms with van der Waals surface area (Å²) in [6.45, 7) is 0.713. The molecule has 0 bridgehead atoms. The fraction of sp³-hybridized carbons (Fsp3) is 0.714. The normalized spacial score (nSPS) is 9.70. The van der Waals surface area contributed by atoms with Gasteiger partial charge in [0.05, 0.1) is 0 Å². The summed E-state index contributed by atoms with van der Waals surface area (Å²) in [6.07, 6.45) is -1.15. The molecule has 0 radical (unpaired) electrons. The Morgan fingerprint density at radius 3 is 0.815 bits per heavy atom. The monoisotopic (exact) mass is 448 g/mol. The van der Waals surface area contributed by atoms with Gasteiger partial charge in [-0.2, -0.15) is 0 Å². The summed E-state index contributed by atoms with van der Waals surface area (Å²) in [5.41, 5.74) is 0. The summed E-state index contributed by atoms with van der Waals surface area (Å²) in [7, 11) is 0. The van der Waals surface area contributed by atoms with Gasteiger partial charge in [0.25, 0.3) is 0 Å². The zero-order valence-electron chi connectivity index (χ0n) is 15.5. The van der Waals surface area contributed by atoms with E-state index < -0.39 is 23.9 Å². The van der Waals surface area contributed by atoms with Crippen LogP contribution in [-0.4, -0.2) is 72.9 Å². The number of nitrogens with zero attached hydrogens (tertiary/aromatic N) is 2. The van der Waals surface area contributed by atoms with E-state index in [0.29, 0.717) is 0 Å². The van der Waals surface area contributed by atoms with Gasteiger partial charge in [-0.1, -0.05) is 0 Å². The van der Waals surface area contributed by atoms with Gasteiger partial charge in [0.2, 0.25) is 0 Å². The number of hydrogen-bond donors (Lipinski definition) is 0. The van der Waals surface area contributed by atoms with Crippen LogP contribution in [0.3, 0.4) is 0 Å². The molecule has 0 saturated heterocycles.